The number of aromatic nitrogens is 1. The summed E-state index contributed by atoms with van der Waals surface area (Å²) in [6.45, 7) is 2.75. The van der Waals surface area contributed by atoms with E-state index < -0.39 is 6.04 Å². The summed E-state index contributed by atoms with van der Waals surface area (Å²) in [7, 11) is 0. The maximum absolute atomic E-state index is 14.0. The first-order chi connectivity index (χ1) is 13.5. The highest BCUT2D eigenvalue weighted by atomic mass is 19.1. The van der Waals surface area contributed by atoms with E-state index in [2.05, 4.69) is 10.3 Å². The first-order valence-corrected chi connectivity index (χ1v) is 9.41. The molecule has 2 heterocycles. The third kappa shape index (κ3) is 3.38. The van der Waals surface area contributed by atoms with Crippen LogP contribution < -0.4 is 5.32 Å². The van der Waals surface area contributed by atoms with E-state index >= 15 is 0 Å². The average molecular weight is 379 g/mol. The molecule has 0 unspecified atom stereocenters. The minimum atomic E-state index is -0.536. The van der Waals surface area contributed by atoms with Gasteiger partial charge >= 0.3 is 0 Å². The van der Waals surface area contributed by atoms with Crippen LogP contribution in [0.15, 0.2) is 48.5 Å². The van der Waals surface area contributed by atoms with E-state index in [-0.39, 0.29) is 24.1 Å². The van der Waals surface area contributed by atoms with Crippen LogP contribution in [0.25, 0.3) is 10.9 Å². The van der Waals surface area contributed by atoms with Gasteiger partial charge in [-0.1, -0.05) is 42.5 Å². The van der Waals surface area contributed by atoms with E-state index in [9.17, 15) is 14.0 Å². The number of aromatic amines is 1. The van der Waals surface area contributed by atoms with Crippen LogP contribution in [0.5, 0.6) is 0 Å². The van der Waals surface area contributed by atoms with E-state index in [4.69, 9.17) is 0 Å². The Morgan fingerprint density at radius 2 is 1.96 bits per heavy atom. The van der Waals surface area contributed by atoms with E-state index in [1.54, 1.807) is 11.0 Å². The lowest BCUT2D eigenvalue weighted by molar-refractivity contribution is -0.142. The lowest BCUT2D eigenvalue weighted by Crippen LogP contribution is -2.58. The maximum Gasteiger partial charge on any atom is 0.243 e. The molecule has 144 valence electrons. The van der Waals surface area contributed by atoms with Crippen molar-refractivity contribution >= 4 is 22.7 Å². The van der Waals surface area contributed by atoms with Crippen molar-refractivity contribution in [3.63, 3.8) is 0 Å². The topological polar surface area (TPSA) is 65.2 Å². The third-order valence-corrected chi connectivity index (χ3v) is 5.35. The second kappa shape index (κ2) is 7.46. The first kappa shape index (κ1) is 18.2. The van der Waals surface area contributed by atoms with Gasteiger partial charge < -0.3 is 15.2 Å². The fraction of sp³-hybridized carbons (Fsp3) is 0.273. The number of halogens is 1. The van der Waals surface area contributed by atoms with E-state index in [1.165, 1.54) is 6.07 Å². The molecule has 6 heteroatoms. The molecule has 5 nitrogen and oxygen atoms in total. The monoisotopic (exact) mass is 379 g/mol. The number of piperazine rings is 1. The quantitative estimate of drug-likeness (QED) is 0.732. The molecule has 2 amide bonds. The standard InChI is InChI=1S/C22H22FN3O2/c1-14-17(16-8-5-9-18(23)21(16)25-14)13-20(27)26-11-10-24-22(28)19(26)12-15-6-3-2-4-7-15/h2-9,19,25H,10-13H2,1H3,(H,24,28)/t19-/m1/s1. The maximum atomic E-state index is 14.0. The number of aryl methyl sites for hydroxylation is 1. The number of rotatable bonds is 4. The molecule has 1 atom stereocenters. The Kier molecular flexibility index (Phi) is 4.86. The van der Waals surface area contributed by atoms with Crippen molar-refractivity contribution in [3.8, 4) is 0 Å². The summed E-state index contributed by atoms with van der Waals surface area (Å²) in [5.41, 5.74) is 2.98. The zero-order chi connectivity index (χ0) is 19.7. The fourth-order valence-electron chi connectivity index (χ4n) is 3.90. The lowest BCUT2D eigenvalue weighted by atomic mass is 10.0. The molecule has 28 heavy (non-hydrogen) atoms. The highest BCUT2D eigenvalue weighted by Gasteiger charge is 2.33. The Bertz CT molecular complexity index is 1030. The van der Waals surface area contributed by atoms with Gasteiger partial charge in [0.05, 0.1) is 11.9 Å². The summed E-state index contributed by atoms with van der Waals surface area (Å²) in [4.78, 5) is 30.3. The largest absolute Gasteiger partial charge is 0.356 e. The van der Waals surface area contributed by atoms with Gasteiger partial charge in [-0.05, 0) is 24.1 Å². The Morgan fingerprint density at radius 1 is 1.18 bits per heavy atom. The van der Waals surface area contributed by atoms with Crippen molar-refractivity contribution in [2.45, 2.75) is 25.8 Å². The number of benzene rings is 2. The van der Waals surface area contributed by atoms with Crippen LogP contribution in [0.2, 0.25) is 0 Å². The van der Waals surface area contributed by atoms with Crippen molar-refractivity contribution in [1.82, 2.24) is 15.2 Å². The molecule has 1 aliphatic rings. The number of hydrogen-bond donors (Lipinski definition) is 2. The minimum Gasteiger partial charge on any atom is -0.356 e. The molecule has 1 fully saturated rings. The van der Waals surface area contributed by atoms with Gasteiger partial charge in [0.15, 0.2) is 0 Å². The normalized spacial score (nSPS) is 17.0. The molecular weight excluding hydrogens is 357 g/mol. The predicted molar refractivity (Wildman–Crippen MR) is 105 cm³/mol. The zero-order valence-electron chi connectivity index (χ0n) is 15.7. The molecule has 2 N–H and O–H groups in total. The smallest absolute Gasteiger partial charge is 0.243 e. The van der Waals surface area contributed by atoms with Gasteiger partial charge in [0, 0.05) is 30.6 Å². The Balaban J connectivity index is 1.60. The van der Waals surface area contributed by atoms with Gasteiger partial charge in [-0.2, -0.15) is 0 Å². The van der Waals surface area contributed by atoms with Crippen LogP contribution in [-0.4, -0.2) is 40.8 Å². The highest BCUT2D eigenvalue weighted by Crippen LogP contribution is 2.25. The molecule has 1 aromatic heterocycles. The molecule has 0 aliphatic carbocycles. The fourth-order valence-corrected chi connectivity index (χ4v) is 3.90. The third-order valence-electron chi connectivity index (χ3n) is 5.35. The van der Waals surface area contributed by atoms with Gasteiger partial charge in [0.1, 0.15) is 11.9 Å². The van der Waals surface area contributed by atoms with E-state index in [1.807, 2.05) is 43.3 Å². The Hall–Kier alpha value is -3.15. The lowest BCUT2D eigenvalue weighted by Gasteiger charge is -2.35. The molecular formula is C22H22FN3O2. The van der Waals surface area contributed by atoms with Crippen LogP contribution in [0, 0.1) is 12.7 Å². The molecule has 0 bridgehead atoms. The zero-order valence-corrected chi connectivity index (χ0v) is 15.7. The molecule has 4 rings (SSSR count). The summed E-state index contributed by atoms with van der Waals surface area (Å²) in [5, 5.41) is 3.57. The number of hydrogen-bond acceptors (Lipinski definition) is 2. The molecule has 0 radical (unpaired) electrons. The van der Waals surface area contributed by atoms with Gasteiger partial charge in [-0.3, -0.25) is 9.59 Å². The number of nitrogens with zero attached hydrogens (tertiary/aromatic N) is 1. The second-order valence-corrected chi connectivity index (χ2v) is 7.15. The summed E-state index contributed by atoms with van der Waals surface area (Å²) >= 11 is 0. The number of para-hydroxylation sites is 1. The van der Waals surface area contributed by atoms with Crippen molar-refractivity contribution in [2.75, 3.05) is 13.1 Å². The molecule has 2 aromatic carbocycles. The number of nitrogens with one attached hydrogen (secondary N) is 2. The number of carbonyl (C=O) groups excluding carboxylic acids is 2. The van der Waals surface area contributed by atoms with Gasteiger partial charge in [-0.15, -0.1) is 0 Å². The highest BCUT2D eigenvalue weighted by molar-refractivity contribution is 5.93. The summed E-state index contributed by atoms with van der Waals surface area (Å²) in [5.74, 6) is -0.590. The first-order valence-electron chi connectivity index (χ1n) is 9.41. The molecule has 0 saturated carbocycles. The van der Waals surface area contributed by atoms with Crippen LogP contribution in [-0.2, 0) is 22.4 Å². The van der Waals surface area contributed by atoms with Crippen molar-refractivity contribution < 1.29 is 14.0 Å². The average Bonchev–Trinajstić information content (AvgIpc) is 3.01. The predicted octanol–water partition coefficient (Wildman–Crippen LogP) is 2.73. The Morgan fingerprint density at radius 3 is 2.75 bits per heavy atom. The van der Waals surface area contributed by atoms with Crippen LogP contribution in [0.3, 0.4) is 0 Å². The summed E-state index contributed by atoms with van der Waals surface area (Å²) in [6.07, 6.45) is 0.605. The van der Waals surface area contributed by atoms with Gasteiger partial charge in [0.25, 0.3) is 0 Å². The van der Waals surface area contributed by atoms with Crippen molar-refractivity contribution in [3.05, 3.63) is 71.2 Å². The van der Waals surface area contributed by atoms with Crippen molar-refractivity contribution in [1.29, 1.82) is 0 Å². The second-order valence-electron chi connectivity index (χ2n) is 7.15. The molecule has 1 saturated heterocycles. The summed E-state index contributed by atoms with van der Waals surface area (Å²) in [6, 6.07) is 14.0. The molecule has 0 spiro atoms. The van der Waals surface area contributed by atoms with Crippen LogP contribution in [0.1, 0.15) is 16.8 Å². The number of amides is 2. The Labute approximate surface area is 162 Å². The van der Waals surface area contributed by atoms with E-state index in [0.717, 1.165) is 16.8 Å². The van der Waals surface area contributed by atoms with E-state index in [0.29, 0.717) is 30.4 Å². The number of H-pyrrole nitrogens is 1. The number of fused-ring (bicyclic) bond motifs is 1. The molecule has 3 aromatic rings. The molecule has 1 aliphatic heterocycles. The van der Waals surface area contributed by atoms with Crippen molar-refractivity contribution in [2.24, 2.45) is 0 Å². The number of carbonyl (C=O) groups is 2. The van der Waals surface area contributed by atoms with Gasteiger partial charge in [-0.25, -0.2) is 4.39 Å². The van der Waals surface area contributed by atoms with Crippen LogP contribution in [0.4, 0.5) is 4.39 Å². The van der Waals surface area contributed by atoms with Gasteiger partial charge in [0.2, 0.25) is 11.8 Å². The van der Waals surface area contributed by atoms with Crippen LogP contribution >= 0.6 is 0 Å². The summed E-state index contributed by atoms with van der Waals surface area (Å²) < 4.78 is 14.0. The SMILES string of the molecule is Cc1[nH]c2c(F)cccc2c1CC(=O)N1CCNC(=O)[C@H]1Cc1ccccc1. The minimum absolute atomic E-state index is 0.121.